The number of hydrogen-bond donors (Lipinski definition) is 2. The molecule has 0 bridgehead atoms. The van der Waals surface area contributed by atoms with Crippen molar-refractivity contribution in [3.05, 3.63) is 76.9 Å². The van der Waals surface area contributed by atoms with E-state index >= 15 is 0 Å². The van der Waals surface area contributed by atoms with Crippen LogP contribution in [0.1, 0.15) is 56.1 Å². The zero-order chi connectivity index (χ0) is 21.8. The molecule has 1 aliphatic rings. The topological polar surface area (TPSA) is 103 Å². The number of nitrogens with two attached hydrogens (primary N) is 2. The van der Waals surface area contributed by atoms with E-state index in [4.69, 9.17) is 16.2 Å². The Hall–Kier alpha value is -3.41. The molecule has 1 atom stereocenters. The van der Waals surface area contributed by atoms with Gasteiger partial charge in [0.15, 0.2) is 6.10 Å². The quantitative estimate of drug-likeness (QED) is 0.567. The summed E-state index contributed by atoms with van der Waals surface area (Å²) in [5, 5.41) is 0. The molecule has 0 radical (unpaired) electrons. The molecule has 1 heterocycles. The van der Waals surface area contributed by atoms with Gasteiger partial charge in [0, 0.05) is 40.4 Å². The lowest BCUT2D eigenvalue weighted by molar-refractivity contribution is -0.120. The van der Waals surface area contributed by atoms with Crippen LogP contribution in [0.25, 0.3) is 5.76 Å². The molecular formula is C24H28N4O2. The summed E-state index contributed by atoms with van der Waals surface area (Å²) in [5.74, 6) is 1.43. The van der Waals surface area contributed by atoms with E-state index in [0.29, 0.717) is 17.4 Å². The molecule has 0 aliphatic carbocycles. The predicted octanol–water partition coefficient (Wildman–Crippen LogP) is 3.60. The van der Waals surface area contributed by atoms with Gasteiger partial charge < -0.3 is 16.2 Å². The van der Waals surface area contributed by atoms with E-state index in [1.165, 1.54) is 6.08 Å². The Morgan fingerprint density at radius 3 is 1.77 bits per heavy atom. The number of carbonyl (C=O) groups excluding carboxylic acids is 1. The van der Waals surface area contributed by atoms with Gasteiger partial charge in [-0.15, -0.1) is 0 Å². The average Bonchev–Trinajstić information content (AvgIpc) is 3.09. The molecule has 6 heteroatoms. The molecule has 6 nitrogen and oxygen atoms in total. The highest BCUT2D eigenvalue weighted by Gasteiger charge is 2.29. The van der Waals surface area contributed by atoms with Gasteiger partial charge in [-0.2, -0.15) is 0 Å². The van der Waals surface area contributed by atoms with Crippen molar-refractivity contribution in [1.82, 2.24) is 0 Å². The van der Waals surface area contributed by atoms with E-state index in [0.717, 1.165) is 22.3 Å². The number of aliphatic imine (C=N–C) groups is 2. The third-order valence-corrected chi connectivity index (χ3v) is 4.55. The van der Waals surface area contributed by atoms with E-state index < -0.39 is 6.10 Å². The molecule has 4 N–H and O–H groups in total. The maximum absolute atomic E-state index is 12.5. The fraction of sp³-hybridized carbons (Fsp3) is 0.292. The summed E-state index contributed by atoms with van der Waals surface area (Å²) in [6, 6.07) is 15.2. The first kappa shape index (κ1) is 21.3. The number of ether oxygens (including phenoxy) is 1. The van der Waals surface area contributed by atoms with Crippen molar-refractivity contribution in [2.75, 3.05) is 0 Å². The number of carbonyl (C=O) groups is 1. The molecule has 0 saturated heterocycles. The van der Waals surface area contributed by atoms with Crippen molar-refractivity contribution < 1.29 is 9.53 Å². The Kier molecular flexibility index (Phi) is 6.35. The third kappa shape index (κ3) is 4.95. The van der Waals surface area contributed by atoms with Crippen LogP contribution in [-0.4, -0.2) is 29.5 Å². The molecule has 2 aromatic carbocycles. The van der Waals surface area contributed by atoms with Crippen molar-refractivity contribution in [3.8, 4) is 0 Å². The van der Waals surface area contributed by atoms with Crippen LogP contribution in [-0.2, 0) is 9.53 Å². The van der Waals surface area contributed by atoms with E-state index in [1.54, 1.807) is 0 Å². The molecular weight excluding hydrogens is 376 g/mol. The molecule has 2 aromatic rings. The van der Waals surface area contributed by atoms with Crippen LogP contribution in [0, 0.1) is 0 Å². The summed E-state index contributed by atoms with van der Waals surface area (Å²) in [7, 11) is 0. The zero-order valence-electron chi connectivity index (χ0n) is 17.8. The number of benzene rings is 2. The Bertz CT molecular complexity index is 1000. The normalized spacial score (nSPS) is 17.5. The lowest BCUT2D eigenvalue weighted by atomic mass is 10.0. The summed E-state index contributed by atoms with van der Waals surface area (Å²) in [6.45, 7) is 7.89. The lowest BCUT2D eigenvalue weighted by Crippen LogP contribution is -2.16. The minimum absolute atomic E-state index is 0.0912. The molecule has 30 heavy (non-hydrogen) atoms. The number of hydrogen-bond acceptors (Lipinski definition) is 4. The maximum atomic E-state index is 12.5. The fourth-order valence-corrected chi connectivity index (χ4v) is 3.15. The first-order valence-electron chi connectivity index (χ1n) is 10.0. The number of rotatable bonds is 6. The van der Waals surface area contributed by atoms with Crippen LogP contribution in [0.2, 0.25) is 0 Å². The number of nitrogens with zero attached hydrogens (tertiary/aromatic N) is 2. The maximum Gasteiger partial charge on any atom is 0.204 e. The first-order chi connectivity index (χ1) is 14.2. The number of ketones is 1. The second-order valence-electron chi connectivity index (χ2n) is 7.82. The van der Waals surface area contributed by atoms with Gasteiger partial charge in [0.2, 0.25) is 5.78 Å². The van der Waals surface area contributed by atoms with Gasteiger partial charge in [-0.1, -0.05) is 48.5 Å². The van der Waals surface area contributed by atoms with Gasteiger partial charge in [-0.25, -0.2) is 0 Å². The van der Waals surface area contributed by atoms with Crippen molar-refractivity contribution >= 4 is 23.2 Å². The Morgan fingerprint density at radius 1 is 0.833 bits per heavy atom. The number of amidine groups is 2. The average molecular weight is 405 g/mol. The largest absolute Gasteiger partial charge is 0.477 e. The summed E-state index contributed by atoms with van der Waals surface area (Å²) in [5.41, 5.74) is 15.3. The molecule has 0 spiro atoms. The Labute approximate surface area is 177 Å². The third-order valence-electron chi connectivity index (χ3n) is 4.55. The zero-order valence-corrected chi connectivity index (χ0v) is 17.8. The van der Waals surface area contributed by atoms with Crippen LogP contribution in [0.3, 0.4) is 0 Å². The van der Waals surface area contributed by atoms with Crippen molar-refractivity contribution in [3.63, 3.8) is 0 Å². The molecule has 3 rings (SSSR count). The van der Waals surface area contributed by atoms with Crippen LogP contribution >= 0.6 is 0 Å². The van der Waals surface area contributed by atoms with E-state index in [2.05, 4.69) is 9.98 Å². The first-order valence-corrected chi connectivity index (χ1v) is 10.0. The summed E-state index contributed by atoms with van der Waals surface area (Å²) >= 11 is 0. The second kappa shape index (κ2) is 8.95. The van der Waals surface area contributed by atoms with E-state index in [1.807, 2.05) is 76.2 Å². The van der Waals surface area contributed by atoms with Gasteiger partial charge in [0.05, 0.1) is 0 Å². The minimum atomic E-state index is -0.662. The fourth-order valence-electron chi connectivity index (χ4n) is 3.15. The summed E-state index contributed by atoms with van der Waals surface area (Å²) < 4.78 is 5.96. The van der Waals surface area contributed by atoms with Gasteiger partial charge >= 0.3 is 0 Å². The molecule has 156 valence electrons. The highest BCUT2D eigenvalue weighted by molar-refractivity contribution is 6.03. The standard InChI is InChI=1S/C24H28N4O2/c1-14(2)27-23(25)18-9-5-16(6-10-18)21-13-20(29)22(30-21)17-7-11-19(12-8-17)24(26)28-15(3)4/h5-15,22H,1-4H3,(H2,25,27)(H2,26,28). The molecule has 0 saturated carbocycles. The SMILES string of the molecule is CC(C)N=C(N)c1ccc(C2=CC(=O)C(c3ccc(C(N)=NC(C)C)cc3)O2)cc1. The molecule has 0 fully saturated rings. The highest BCUT2D eigenvalue weighted by Crippen LogP contribution is 2.33. The molecule has 0 amide bonds. The van der Waals surface area contributed by atoms with E-state index in [9.17, 15) is 4.79 Å². The minimum Gasteiger partial charge on any atom is -0.477 e. The van der Waals surface area contributed by atoms with Crippen LogP contribution in [0.15, 0.2) is 64.6 Å². The van der Waals surface area contributed by atoms with Gasteiger partial charge in [0.1, 0.15) is 17.4 Å². The van der Waals surface area contributed by atoms with Gasteiger partial charge in [-0.3, -0.25) is 14.8 Å². The second-order valence-corrected chi connectivity index (χ2v) is 7.82. The molecule has 1 unspecified atom stereocenters. The van der Waals surface area contributed by atoms with Crippen molar-refractivity contribution in [1.29, 1.82) is 0 Å². The Balaban J connectivity index is 1.74. The molecule has 1 aliphatic heterocycles. The van der Waals surface area contributed by atoms with Crippen molar-refractivity contribution in [2.45, 2.75) is 45.9 Å². The smallest absolute Gasteiger partial charge is 0.204 e. The molecule has 0 aromatic heterocycles. The lowest BCUT2D eigenvalue weighted by Gasteiger charge is -2.13. The summed E-state index contributed by atoms with van der Waals surface area (Å²) in [4.78, 5) is 21.2. The van der Waals surface area contributed by atoms with E-state index in [-0.39, 0.29) is 17.9 Å². The van der Waals surface area contributed by atoms with Gasteiger partial charge in [-0.05, 0) is 27.7 Å². The summed E-state index contributed by atoms with van der Waals surface area (Å²) in [6.07, 6.45) is 0.873. The predicted molar refractivity (Wildman–Crippen MR) is 121 cm³/mol. The van der Waals surface area contributed by atoms with Crippen LogP contribution < -0.4 is 11.5 Å². The van der Waals surface area contributed by atoms with Crippen LogP contribution in [0.4, 0.5) is 0 Å². The van der Waals surface area contributed by atoms with Gasteiger partial charge in [0.25, 0.3) is 0 Å². The Morgan fingerprint density at radius 2 is 1.30 bits per heavy atom. The monoisotopic (exact) mass is 404 g/mol. The van der Waals surface area contributed by atoms with Crippen molar-refractivity contribution in [2.24, 2.45) is 21.5 Å². The highest BCUT2D eigenvalue weighted by atomic mass is 16.5. The van der Waals surface area contributed by atoms with Crippen LogP contribution in [0.5, 0.6) is 0 Å².